The van der Waals surface area contributed by atoms with Crippen molar-refractivity contribution in [3.8, 4) is 5.75 Å². The summed E-state index contributed by atoms with van der Waals surface area (Å²) in [5.74, 6) is 0.377. The first-order valence-corrected chi connectivity index (χ1v) is 7.10. The van der Waals surface area contributed by atoms with Gasteiger partial charge in [0.1, 0.15) is 17.9 Å². The number of hydrogen-bond acceptors (Lipinski definition) is 5. The summed E-state index contributed by atoms with van der Waals surface area (Å²) in [4.78, 5) is 11.9. The van der Waals surface area contributed by atoms with Gasteiger partial charge in [-0.05, 0) is 37.6 Å². The number of carbonyl (C=O) groups excluding carboxylic acids is 1. The minimum Gasteiger partial charge on any atom is -0.491 e. The monoisotopic (exact) mass is 295 g/mol. The summed E-state index contributed by atoms with van der Waals surface area (Å²) in [6.07, 6.45) is 0.926. The minimum atomic E-state index is -0.859. The van der Waals surface area contributed by atoms with Crippen LogP contribution in [0.2, 0.25) is 0 Å². The highest BCUT2D eigenvalue weighted by atomic mass is 16.5. The van der Waals surface area contributed by atoms with Crippen molar-refractivity contribution in [3.05, 3.63) is 29.8 Å². The van der Waals surface area contributed by atoms with Crippen molar-refractivity contribution in [2.75, 3.05) is 27.4 Å². The van der Waals surface area contributed by atoms with E-state index in [0.29, 0.717) is 12.4 Å². The Kier molecular flexibility index (Phi) is 7.19. The molecule has 0 saturated carbocycles. The number of carbonyl (C=O) groups is 1. The van der Waals surface area contributed by atoms with E-state index in [-0.39, 0.29) is 12.6 Å². The summed E-state index contributed by atoms with van der Waals surface area (Å²) in [6, 6.07) is 7.63. The van der Waals surface area contributed by atoms with Crippen molar-refractivity contribution in [2.45, 2.75) is 32.4 Å². The van der Waals surface area contributed by atoms with Crippen LogP contribution in [0.1, 0.15) is 25.8 Å². The maximum Gasteiger partial charge on any atom is 0.329 e. The molecule has 0 bridgehead atoms. The SMILES string of the molecule is CCCNC(C)(COc1cccc(COC)c1)C(=O)OC. The average Bonchev–Trinajstić information content (AvgIpc) is 2.51. The van der Waals surface area contributed by atoms with Crippen molar-refractivity contribution >= 4 is 5.97 Å². The van der Waals surface area contributed by atoms with Crippen LogP contribution in [0.25, 0.3) is 0 Å². The van der Waals surface area contributed by atoms with E-state index in [0.717, 1.165) is 18.5 Å². The normalized spacial score (nSPS) is 13.5. The molecule has 118 valence electrons. The van der Waals surface area contributed by atoms with Gasteiger partial charge in [0.05, 0.1) is 13.7 Å². The highest BCUT2D eigenvalue weighted by molar-refractivity contribution is 5.80. The van der Waals surface area contributed by atoms with Crippen LogP contribution < -0.4 is 10.1 Å². The van der Waals surface area contributed by atoms with Crippen molar-refractivity contribution in [2.24, 2.45) is 0 Å². The van der Waals surface area contributed by atoms with Crippen LogP contribution in [0, 0.1) is 0 Å². The second kappa shape index (κ2) is 8.64. The van der Waals surface area contributed by atoms with Gasteiger partial charge in [-0.3, -0.25) is 5.32 Å². The number of methoxy groups -OCH3 is 2. The van der Waals surface area contributed by atoms with E-state index in [1.807, 2.05) is 31.2 Å². The Labute approximate surface area is 126 Å². The molecular formula is C16H25NO4. The summed E-state index contributed by atoms with van der Waals surface area (Å²) in [7, 11) is 3.03. The molecule has 0 heterocycles. The summed E-state index contributed by atoms with van der Waals surface area (Å²) in [5.41, 5.74) is 0.165. The molecule has 1 aromatic carbocycles. The van der Waals surface area contributed by atoms with Crippen LogP contribution in [0.5, 0.6) is 5.75 Å². The Balaban J connectivity index is 2.71. The smallest absolute Gasteiger partial charge is 0.329 e. The Morgan fingerprint density at radius 1 is 1.33 bits per heavy atom. The number of nitrogens with one attached hydrogen (secondary N) is 1. The van der Waals surface area contributed by atoms with Crippen LogP contribution in [-0.2, 0) is 20.9 Å². The molecule has 5 nitrogen and oxygen atoms in total. The molecule has 1 atom stereocenters. The zero-order valence-electron chi connectivity index (χ0n) is 13.3. The van der Waals surface area contributed by atoms with Gasteiger partial charge < -0.3 is 14.2 Å². The standard InChI is InChI=1S/C16H25NO4/c1-5-9-17-16(2,15(18)20-4)12-21-14-8-6-7-13(10-14)11-19-3/h6-8,10,17H,5,9,11-12H2,1-4H3. The molecule has 1 unspecified atom stereocenters. The fourth-order valence-corrected chi connectivity index (χ4v) is 1.93. The zero-order valence-corrected chi connectivity index (χ0v) is 13.3. The van der Waals surface area contributed by atoms with Gasteiger partial charge in [0.2, 0.25) is 0 Å². The van der Waals surface area contributed by atoms with Crippen molar-refractivity contribution in [3.63, 3.8) is 0 Å². The molecule has 0 fully saturated rings. The number of benzene rings is 1. The highest BCUT2D eigenvalue weighted by Gasteiger charge is 2.34. The third-order valence-corrected chi connectivity index (χ3v) is 3.14. The number of ether oxygens (including phenoxy) is 3. The molecule has 1 N–H and O–H groups in total. The van der Waals surface area contributed by atoms with Crippen LogP contribution in [0.15, 0.2) is 24.3 Å². The molecule has 1 aromatic rings. The van der Waals surface area contributed by atoms with Gasteiger partial charge in [0.25, 0.3) is 0 Å². The molecule has 0 aliphatic heterocycles. The third-order valence-electron chi connectivity index (χ3n) is 3.14. The molecule has 0 saturated heterocycles. The van der Waals surface area contributed by atoms with Crippen molar-refractivity contribution in [1.82, 2.24) is 5.32 Å². The van der Waals surface area contributed by atoms with Gasteiger partial charge >= 0.3 is 5.97 Å². The molecule has 0 aromatic heterocycles. The lowest BCUT2D eigenvalue weighted by molar-refractivity contribution is -0.149. The second-order valence-electron chi connectivity index (χ2n) is 5.12. The molecule has 0 aliphatic rings. The van der Waals surface area contributed by atoms with E-state index in [2.05, 4.69) is 5.32 Å². The zero-order chi connectivity index (χ0) is 15.7. The Morgan fingerprint density at radius 3 is 2.71 bits per heavy atom. The van der Waals surface area contributed by atoms with E-state index in [1.54, 1.807) is 14.0 Å². The topological polar surface area (TPSA) is 56.8 Å². The lowest BCUT2D eigenvalue weighted by Crippen LogP contribution is -2.54. The third kappa shape index (κ3) is 5.36. The van der Waals surface area contributed by atoms with Gasteiger partial charge in [-0.25, -0.2) is 4.79 Å². The molecule has 0 spiro atoms. The lowest BCUT2D eigenvalue weighted by Gasteiger charge is -2.27. The number of hydrogen-bond donors (Lipinski definition) is 1. The Bertz CT molecular complexity index is 450. The van der Waals surface area contributed by atoms with Crippen LogP contribution in [0.3, 0.4) is 0 Å². The molecule has 5 heteroatoms. The predicted octanol–water partition coefficient (Wildman–Crippen LogP) is 2.14. The van der Waals surface area contributed by atoms with E-state index in [4.69, 9.17) is 14.2 Å². The molecule has 0 amide bonds. The summed E-state index contributed by atoms with van der Waals surface area (Å²) in [5, 5.41) is 3.18. The average molecular weight is 295 g/mol. The highest BCUT2D eigenvalue weighted by Crippen LogP contribution is 2.17. The van der Waals surface area contributed by atoms with Gasteiger partial charge in [0.15, 0.2) is 0 Å². The lowest BCUT2D eigenvalue weighted by atomic mass is 10.0. The van der Waals surface area contributed by atoms with Crippen LogP contribution in [0.4, 0.5) is 0 Å². The van der Waals surface area contributed by atoms with Gasteiger partial charge in [-0.1, -0.05) is 19.1 Å². The quantitative estimate of drug-likeness (QED) is 0.707. The predicted molar refractivity (Wildman–Crippen MR) is 81.4 cm³/mol. The minimum absolute atomic E-state index is 0.204. The molecule has 21 heavy (non-hydrogen) atoms. The van der Waals surface area contributed by atoms with Gasteiger partial charge in [-0.2, -0.15) is 0 Å². The molecule has 1 rings (SSSR count). The Morgan fingerprint density at radius 2 is 2.10 bits per heavy atom. The van der Waals surface area contributed by atoms with Gasteiger partial charge in [-0.15, -0.1) is 0 Å². The van der Waals surface area contributed by atoms with Crippen molar-refractivity contribution in [1.29, 1.82) is 0 Å². The second-order valence-corrected chi connectivity index (χ2v) is 5.12. The fourth-order valence-electron chi connectivity index (χ4n) is 1.93. The summed E-state index contributed by atoms with van der Waals surface area (Å²) < 4.78 is 15.7. The van der Waals surface area contributed by atoms with E-state index < -0.39 is 5.54 Å². The van der Waals surface area contributed by atoms with Gasteiger partial charge in [0, 0.05) is 7.11 Å². The number of esters is 1. The van der Waals surface area contributed by atoms with E-state index >= 15 is 0 Å². The first-order valence-electron chi connectivity index (χ1n) is 7.10. The maximum absolute atomic E-state index is 11.9. The first-order chi connectivity index (χ1) is 10.1. The Hall–Kier alpha value is -1.59. The van der Waals surface area contributed by atoms with E-state index in [9.17, 15) is 4.79 Å². The maximum atomic E-state index is 11.9. The summed E-state index contributed by atoms with van der Waals surface area (Å²) in [6.45, 7) is 5.28. The molecule has 0 radical (unpaired) electrons. The first kappa shape index (κ1) is 17.5. The van der Waals surface area contributed by atoms with Crippen LogP contribution >= 0.6 is 0 Å². The van der Waals surface area contributed by atoms with Crippen LogP contribution in [-0.4, -0.2) is 38.9 Å². The summed E-state index contributed by atoms with van der Waals surface area (Å²) >= 11 is 0. The van der Waals surface area contributed by atoms with E-state index in [1.165, 1.54) is 7.11 Å². The molecule has 0 aliphatic carbocycles. The number of rotatable bonds is 9. The largest absolute Gasteiger partial charge is 0.491 e. The van der Waals surface area contributed by atoms with Crippen molar-refractivity contribution < 1.29 is 19.0 Å². The fraction of sp³-hybridized carbons (Fsp3) is 0.562. The molecular weight excluding hydrogens is 270 g/mol.